The summed E-state index contributed by atoms with van der Waals surface area (Å²) in [5.41, 5.74) is 4.44. The van der Waals surface area contributed by atoms with Gasteiger partial charge in [-0.3, -0.25) is 4.90 Å². The Morgan fingerprint density at radius 3 is 2.57 bits per heavy atom. The summed E-state index contributed by atoms with van der Waals surface area (Å²) >= 11 is 0. The fourth-order valence-electron chi connectivity index (χ4n) is 4.57. The molecule has 2 aliphatic heterocycles. The highest BCUT2D eigenvalue weighted by atomic mass is 16.6. The molecule has 0 fully saturated rings. The van der Waals surface area contributed by atoms with E-state index < -0.39 is 0 Å². The normalized spacial score (nSPS) is 19.1. The topological polar surface area (TPSA) is 55.8 Å². The molecule has 0 aliphatic carbocycles. The molecule has 35 heavy (non-hydrogen) atoms. The van der Waals surface area contributed by atoms with Gasteiger partial charge >= 0.3 is 0 Å². The Hall–Kier alpha value is -3.03. The standard InChI is InChI=1S/C28H37N3O4/c1-6-31(13-12-20(2)21-10-8-7-9-11-21)15-14-30(3)18-27-23-19-34-24-17-26(33-5)25(32-4)16-22(24)28(23)29-35-27/h7-12,16-17,23,27H,6,13-15,18-19H2,1-5H3/b20-12+/t23-,27-/m0/s1. The number of hydrogen-bond donors (Lipinski definition) is 0. The number of hydrogen-bond acceptors (Lipinski definition) is 7. The Bertz CT molecular complexity index is 1050. The number of nitrogens with zero attached hydrogens (tertiary/aromatic N) is 3. The van der Waals surface area contributed by atoms with E-state index in [0.717, 1.165) is 49.7 Å². The first-order valence-electron chi connectivity index (χ1n) is 12.3. The highest BCUT2D eigenvalue weighted by molar-refractivity contribution is 6.06. The maximum atomic E-state index is 6.07. The molecule has 2 aliphatic rings. The number of methoxy groups -OCH3 is 2. The average Bonchev–Trinajstić information content (AvgIpc) is 3.31. The number of rotatable bonds is 11. The summed E-state index contributed by atoms with van der Waals surface area (Å²) in [6.07, 6.45) is 2.28. The predicted molar refractivity (Wildman–Crippen MR) is 140 cm³/mol. The molecule has 2 aromatic rings. The number of oxime groups is 1. The maximum absolute atomic E-state index is 6.07. The highest BCUT2D eigenvalue weighted by Gasteiger charge is 2.40. The lowest BCUT2D eigenvalue weighted by molar-refractivity contribution is 0.0254. The molecule has 0 radical (unpaired) electrons. The monoisotopic (exact) mass is 479 g/mol. The number of allylic oxidation sites excluding steroid dienone is 1. The van der Waals surface area contributed by atoms with Crippen LogP contribution in [0.1, 0.15) is 25.0 Å². The van der Waals surface area contributed by atoms with Gasteiger partial charge in [0.05, 0.1) is 20.1 Å². The van der Waals surface area contributed by atoms with Gasteiger partial charge in [-0.2, -0.15) is 0 Å². The van der Waals surface area contributed by atoms with Crippen LogP contribution < -0.4 is 14.2 Å². The van der Waals surface area contributed by atoms with Crippen molar-refractivity contribution in [1.82, 2.24) is 9.80 Å². The first-order chi connectivity index (χ1) is 17.0. The van der Waals surface area contributed by atoms with E-state index in [0.29, 0.717) is 18.1 Å². The van der Waals surface area contributed by atoms with Gasteiger partial charge in [-0.25, -0.2) is 0 Å². The van der Waals surface area contributed by atoms with Crippen molar-refractivity contribution in [2.24, 2.45) is 11.1 Å². The molecule has 0 bridgehead atoms. The van der Waals surface area contributed by atoms with Gasteiger partial charge in [-0.1, -0.05) is 48.5 Å². The van der Waals surface area contributed by atoms with Gasteiger partial charge in [0, 0.05) is 37.8 Å². The quantitative estimate of drug-likeness (QED) is 0.482. The Labute approximate surface area is 208 Å². The average molecular weight is 480 g/mol. The molecule has 0 aromatic heterocycles. The lowest BCUT2D eigenvalue weighted by Crippen LogP contribution is -2.42. The van der Waals surface area contributed by atoms with E-state index in [9.17, 15) is 0 Å². The van der Waals surface area contributed by atoms with Gasteiger partial charge in [-0.15, -0.1) is 0 Å². The Balaban J connectivity index is 1.30. The second-order valence-corrected chi connectivity index (χ2v) is 9.15. The molecule has 0 saturated heterocycles. The van der Waals surface area contributed by atoms with Crippen LogP contribution in [0.2, 0.25) is 0 Å². The molecule has 0 spiro atoms. The van der Waals surface area contributed by atoms with E-state index >= 15 is 0 Å². The smallest absolute Gasteiger partial charge is 0.164 e. The summed E-state index contributed by atoms with van der Waals surface area (Å²) in [6.45, 7) is 9.63. The first-order valence-corrected chi connectivity index (χ1v) is 12.3. The Morgan fingerprint density at radius 2 is 1.86 bits per heavy atom. The zero-order valence-electron chi connectivity index (χ0n) is 21.5. The zero-order chi connectivity index (χ0) is 24.8. The van der Waals surface area contributed by atoms with E-state index in [1.807, 2.05) is 12.1 Å². The van der Waals surface area contributed by atoms with E-state index in [4.69, 9.17) is 19.0 Å². The van der Waals surface area contributed by atoms with Crippen molar-refractivity contribution in [2.75, 3.05) is 60.6 Å². The van der Waals surface area contributed by atoms with Crippen molar-refractivity contribution in [3.05, 3.63) is 59.7 Å². The lowest BCUT2D eigenvalue weighted by atomic mass is 9.90. The van der Waals surface area contributed by atoms with Gasteiger partial charge in [0.15, 0.2) is 17.6 Å². The molecule has 0 unspecified atom stereocenters. The van der Waals surface area contributed by atoms with Crippen LogP contribution in [0.15, 0.2) is 53.7 Å². The zero-order valence-corrected chi connectivity index (χ0v) is 21.5. The second-order valence-electron chi connectivity index (χ2n) is 9.15. The SMILES string of the molecule is CCN(C/C=C(\C)c1ccccc1)CCN(C)C[C@@H]1ON=C2c3cc(OC)c(OC)cc3OC[C@H]21. The van der Waals surface area contributed by atoms with Crippen LogP contribution in [0.4, 0.5) is 0 Å². The number of benzene rings is 2. The molecular formula is C28H37N3O4. The van der Waals surface area contributed by atoms with Gasteiger partial charge < -0.3 is 23.9 Å². The third kappa shape index (κ3) is 5.80. The largest absolute Gasteiger partial charge is 0.493 e. The molecule has 2 aromatic carbocycles. The van der Waals surface area contributed by atoms with Gasteiger partial charge in [-0.05, 0) is 37.7 Å². The molecule has 2 heterocycles. The summed E-state index contributed by atoms with van der Waals surface area (Å²) in [5.74, 6) is 2.17. The van der Waals surface area contributed by atoms with Crippen molar-refractivity contribution >= 4 is 11.3 Å². The van der Waals surface area contributed by atoms with Crippen LogP contribution in [-0.2, 0) is 4.84 Å². The minimum absolute atomic E-state index is 0.0356. The van der Waals surface area contributed by atoms with Gasteiger partial charge in [0.25, 0.3) is 0 Å². The summed E-state index contributed by atoms with van der Waals surface area (Å²) < 4.78 is 16.9. The van der Waals surface area contributed by atoms with Gasteiger partial charge in [0.2, 0.25) is 0 Å². The Kier molecular flexibility index (Phi) is 8.31. The molecule has 4 rings (SSSR count). The third-order valence-corrected chi connectivity index (χ3v) is 6.89. The predicted octanol–water partition coefficient (Wildman–Crippen LogP) is 4.17. The van der Waals surface area contributed by atoms with Crippen LogP contribution in [0, 0.1) is 5.92 Å². The van der Waals surface area contributed by atoms with Crippen molar-refractivity contribution in [1.29, 1.82) is 0 Å². The van der Waals surface area contributed by atoms with E-state index in [1.165, 1.54) is 11.1 Å². The minimum Gasteiger partial charge on any atom is -0.493 e. The molecule has 188 valence electrons. The van der Waals surface area contributed by atoms with Crippen LogP contribution in [0.25, 0.3) is 5.57 Å². The lowest BCUT2D eigenvalue weighted by Gasteiger charge is -2.29. The van der Waals surface area contributed by atoms with Crippen LogP contribution in [-0.4, -0.2) is 82.2 Å². The number of fused-ring (bicyclic) bond motifs is 3. The van der Waals surface area contributed by atoms with Crippen molar-refractivity contribution < 1.29 is 19.0 Å². The van der Waals surface area contributed by atoms with Crippen LogP contribution in [0.3, 0.4) is 0 Å². The van der Waals surface area contributed by atoms with E-state index in [2.05, 4.69) is 72.3 Å². The molecule has 0 saturated carbocycles. The molecule has 0 amide bonds. The molecule has 2 atom stereocenters. The summed E-state index contributed by atoms with van der Waals surface area (Å²) in [4.78, 5) is 10.7. The summed E-state index contributed by atoms with van der Waals surface area (Å²) in [5, 5.41) is 4.45. The van der Waals surface area contributed by atoms with Gasteiger partial charge in [0.1, 0.15) is 18.1 Å². The van der Waals surface area contributed by atoms with Crippen LogP contribution in [0.5, 0.6) is 17.2 Å². The fraction of sp³-hybridized carbons (Fsp3) is 0.464. The third-order valence-electron chi connectivity index (χ3n) is 6.89. The maximum Gasteiger partial charge on any atom is 0.164 e. The minimum atomic E-state index is -0.0356. The van der Waals surface area contributed by atoms with Crippen molar-refractivity contribution in [2.45, 2.75) is 20.0 Å². The number of ether oxygens (including phenoxy) is 3. The molecule has 7 nitrogen and oxygen atoms in total. The highest BCUT2D eigenvalue weighted by Crippen LogP contribution is 2.40. The summed E-state index contributed by atoms with van der Waals surface area (Å²) in [6, 6.07) is 14.3. The Morgan fingerprint density at radius 1 is 1.11 bits per heavy atom. The molecule has 7 heteroatoms. The van der Waals surface area contributed by atoms with E-state index in [1.54, 1.807) is 14.2 Å². The first kappa shape index (κ1) is 25.1. The van der Waals surface area contributed by atoms with Crippen molar-refractivity contribution in [3.8, 4) is 17.2 Å². The van der Waals surface area contributed by atoms with E-state index in [-0.39, 0.29) is 12.0 Å². The van der Waals surface area contributed by atoms with Crippen LogP contribution >= 0.6 is 0 Å². The van der Waals surface area contributed by atoms with Crippen molar-refractivity contribution in [3.63, 3.8) is 0 Å². The summed E-state index contributed by atoms with van der Waals surface area (Å²) in [7, 11) is 5.40. The second kappa shape index (κ2) is 11.6. The molecule has 0 N–H and O–H groups in total. The fourth-order valence-corrected chi connectivity index (χ4v) is 4.57. The number of likely N-dealkylation sites (N-methyl/N-ethyl adjacent to an activating group) is 2. The molecular weight excluding hydrogens is 442 g/mol.